The van der Waals surface area contributed by atoms with Crippen molar-refractivity contribution < 1.29 is 10.0 Å². The molecule has 1 aromatic rings. The van der Waals surface area contributed by atoms with Crippen LogP contribution >= 0.6 is 0 Å². The first-order valence-electron chi connectivity index (χ1n) is 5.07. The Morgan fingerprint density at radius 3 is 3.00 bits per heavy atom. The molecule has 1 heterocycles. The van der Waals surface area contributed by atoms with Gasteiger partial charge in [0, 0.05) is 31.4 Å². The van der Waals surface area contributed by atoms with Crippen LogP contribution in [0.2, 0.25) is 0 Å². The first-order valence-corrected chi connectivity index (χ1v) is 5.07. The van der Waals surface area contributed by atoms with Gasteiger partial charge in [-0.25, -0.2) is 0 Å². The molecule has 0 saturated carbocycles. The third-order valence-corrected chi connectivity index (χ3v) is 2.09. The zero-order valence-electron chi connectivity index (χ0n) is 9.14. The summed E-state index contributed by atoms with van der Waals surface area (Å²) in [4.78, 5) is 25.5. The van der Waals surface area contributed by atoms with E-state index < -0.39 is 5.91 Å². The summed E-state index contributed by atoms with van der Waals surface area (Å²) in [5, 5.41) is 13.7. The van der Waals surface area contributed by atoms with Crippen LogP contribution in [0.5, 0.6) is 0 Å². The van der Waals surface area contributed by atoms with Crippen molar-refractivity contribution in [1.29, 1.82) is 0 Å². The predicted molar refractivity (Wildman–Crippen MR) is 62.0 cm³/mol. The molecule has 5 N–H and O–H groups in total. The molecular formula is C10H14N4O3. The molecule has 0 spiro atoms. The van der Waals surface area contributed by atoms with Crippen LogP contribution in [0.25, 0.3) is 0 Å². The van der Waals surface area contributed by atoms with Gasteiger partial charge in [0.25, 0.3) is 5.91 Å². The first-order chi connectivity index (χ1) is 8.15. The van der Waals surface area contributed by atoms with E-state index in [9.17, 15) is 9.59 Å². The normalized spacial score (nSPS) is 11.2. The number of nitrogens with one attached hydrogen (secondary N) is 2. The highest BCUT2D eigenvalue weighted by Crippen LogP contribution is 1.90. The van der Waals surface area contributed by atoms with Crippen molar-refractivity contribution in [2.45, 2.75) is 12.8 Å². The fourth-order valence-electron chi connectivity index (χ4n) is 1.21. The smallest absolute Gasteiger partial charge is 0.256 e. The largest absolute Gasteiger partial charge is 0.409 e. The maximum atomic E-state index is 11.5. The van der Waals surface area contributed by atoms with E-state index in [2.05, 4.69) is 15.5 Å². The summed E-state index contributed by atoms with van der Waals surface area (Å²) in [6.45, 7) is 0.351. The van der Waals surface area contributed by atoms with E-state index in [4.69, 9.17) is 10.9 Å². The van der Waals surface area contributed by atoms with Crippen LogP contribution in [-0.4, -0.2) is 28.5 Å². The number of aromatic amines is 1. The van der Waals surface area contributed by atoms with Gasteiger partial charge in [-0.3, -0.25) is 9.59 Å². The number of carbonyl (C=O) groups is 1. The lowest BCUT2D eigenvalue weighted by Gasteiger charge is -2.03. The van der Waals surface area contributed by atoms with E-state index in [0.29, 0.717) is 19.4 Å². The summed E-state index contributed by atoms with van der Waals surface area (Å²) in [7, 11) is 0. The lowest BCUT2D eigenvalue weighted by atomic mass is 10.2. The van der Waals surface area contributed by atoms with Crippen molar-refractivity contribution in [3.05, 3.63) is 34.2 Å². The number of aromatic nitrogens is 1. The topological polar surface area (TPSA) is 121 Å². The summed E-state index contributed by atoms with van der Waals surface area (Å²) in [5.41, 5.74) is 4.99. The van der Waals surface area contributed by atoms with Crippen molar-refractivity contribution in [2.24, 2.45) is 10.9 Å². The van der Waals surface area contributed by atoms with Gasteiger partial charge < -0.3 is 21.2 Å². The molecule has 0 aliphatic carbocycles. The Morgan fingerprint density at radius 1 is 1.59 bits per heavy atom. The summed E-state index contributed by atoms with van der Waals surface area (Å²) in [5.74, 6) is -0.330. The Labute approximate surface area is 97.3 Å². The molecule has 1 aromatic heterocycles. The lowest BCUT2D eigenvalue weighted by Crippen LogP contribution is -2.29. The van der Waals surface area contributed by atoms with Crippen LogP contribution in [0.3, 0.4) is 0 Å². The van der Waals surface area contributed by atoms with Gasteiger partial charge in [-0.05, 0) is 6.42 Å². The van der Waals surface area contributed by atoms with Crippen molar-refractivity contribution in [3.8, 4) is 0 Å². The SMILES string of the molecule is N/C(CCCNC(=O)c1c[nH]ccc1=O)=N/O. The number of nitrogens with zero attached hydrogens (tertiary/aromatic N) is 1. The number of carbonyl (C=O) groups excluding carboxylic acids is 1. The quantitative estimate of drug-likeness (QED) is 0.184. The number of rotatable bonds is 5. The maximum Gasteiger partial charge on any atom is 0.256 e. The number of pyridine rings is 1. The molecule has 0 atom stereocenters. The number of hydrogen-bond acceptors (Lipinski definition) is 4. The highest BCUT2D eigenvalue weighted by Gasteiger charge is 2.08. The molecule has 0 unspecified atom stereocenters. The van der Waals surface area contributed by atoms with Crippen LogP contribution in [0, 0.1) is 0 Å². The second kappa shape index (κ2) is 6.31. The molecule has 0 aliphatic heterocycles. The molecule has 1 rings (SSSR count). The van der Waals surface area contributed by atoms with Gasteiger partial charge in [0.1, 0.15) is 11.4 Å². The monoisotopic (exact) mass is 238 g/mol. The summed E-state index contributed by atoms with van der Waals surface area (Å²) >= 11 is 0. The number of amides is 1. The molecule has 0 aliphatic rings. The molecule has 17 heavy (non-hydrogen) atoms. The van der Waals surface area contributed by atoms with Gasteiger partial charge in [-0.2, -0.15) is 0 Å². The second-order valence-electron chi connectivity index (χ2n) is 3.37. The zero-order valence-corrected chi connectivity index (χ0v) is 9.14. The van der Waals surface area contributed by atoms with E-state index in [-0.39, 0.29) is 16.8 Å². The van der Waals surface area contributed by atoms with Gasteiger partial charge in [-0.1, -0.05) is 5.16 Å². The Kier molecular flexibility index (Phi) is 4.74. The second-order valence-corrected chi connectivity index (χ2v) is 3.37. The van der Waals surface area contributed by atoms with Crippen molar-refractivity contribution in [2.75, 3.05) is 6.54 Å². The minimum atomic E-state index is -0.439. The molecule has 7 heteroatoms. The third-order valence-electron chi connectivity index (χ3n) is 2.09. The number of oxime groups is 1. The van der Waals surface area contributed by atoms with Crippen LogP contribution in [0.15, 0.2) is 28.4 Å². The fourth-order valence-corrected chi connectivity index (χ4v) is 1.21. The maximum absolute atomic E-state index is 11.5. The summed E-state index contributed by atoms with van der Waals surface area (Å²) in [6.07, 6.45) is 3.72. The molecule has 92 valence electrons. The summed E-state index contributed by atoms with van der Waals surface area (Å²) < 4.78 is 0. The molecule has 1 amide bonds. The van der Waals surface area contributed by atoms with E-state index >= 15 is 0 Å². The molecular weight excluding hydrogens is 224 g/mol. The van der Waals surface area contributed by atoms with Gasteiger partial charge >= 0.3 is 0 Å². The molecule has 0 saturated heterocycles. The Morgan fingerprint density at radius 2 is 2.35 bits per heavy atom. The molecule has 0 aromatic carbocycles. The Bertz CT molecular complexity index is 467. The van der Waals surface area contributed by atoms with Crippen molar-refractivity contribution >= 4 is 11.7 Å². The highest BCUT2D eigenvalue weighted by molar-refractivity contribution is 5.93. The number of amidine groups is 1. The van der Waals surface area contributed by atoms with E-state index in [1.807, 2.05) is 0 Å². The van der Waals surface area contributed by atoms with Gasteiger partial charge in [0.2, 0.25) is 0 Å². The zero-order chi connectivity index (χ0) is 12.7. The third kappa shape index (κ3) is 3.98. The molecule has 7 nitrogen and oxygen atoms in total. The Balaban J connectivity index is 2.41. The Hall–Kier alpha value is -2.31. The molecule has 0 bridgehead atoms. The van der Waals surface area contributed by atoms with E-state index in [1.54, 1.807) is 0 Å². The van der Waals surface area contributed by atoms with Gasteiger partial charge in [-0.15, -0.1) is 0 Å². The summed E-state index contributed by atoms with van der Waals surface area (Å²) in [6, 6.07) is 1.28. The predicted octanol–water partition coefficient (Wildman–Crippen LogP) is -0.369. The van der Waals surface area contributed by atoms with Gasteiger partial charge in [0.05, 0.1) is 0 Å². The van der Waals surface area contributed by atoms with Crippen LogP contribution in [0.1, 0.15) is 23.2 Å². The molecule has 0 radical (unpaired) electrons. The van der Waals surface area contributed by atoms with Crippen LogP contribution in [0.4, 0.5) is 0 Å². The minimum Gasteiger partial charge on any atom is -0.409 e. The first kappa shape index (κ1) is 12.8. The van der Waals surface area contributed by atoms with Gasteiger partial charge in [0.15, 0.2) is 5.43 Å². The average Bonchev–Trinajstić information content (AvgIpc) is 2.34. The number of hydrogen-bond donors (Lipinski definition) is 4. The number of H-pyrrole nitrogens is 1. The van der Waals surface area contributed by atoms with Crippen molar-refractivity contribution in [1.82, 2.24) is 10.3 Å². The lowest BCUT2D eigenvalue weighted by molar-refractivity contribution is 0.0952. The number of nitrogens with two attached hydrogens (primary N) is 1. The average molecular weight is 238 g/mol. The van der Waals surface area contributed by atoms with E-state index in [0.717, 1.165) is 0 Å². The van der Waals surface area contributed by atoms with E-state index in [1.165, 1.54) is 18.5 Å². The minimum absolute atomic E-state index is 0.0660. The molecule has 0 fully saturated rings. The fraction of sp³-hybridized carbons (Fsp3) is 0.300. The van der Waals surface area contributed by atoms with Crippen LogP contribution in [-0.2, 0) is 0 Å². The highest BCUT2D eigenvalue weighted by atomic mass is 16.4. The van der Waals surface area contributed by atoms with Crippen molar-refractivity contribution in [3.63, 3.8) is 0 Å². The van der Waals surface area contributed by atoms with Crippen LogP contribution < -0.4 is 16.5 Å². The standard InChI is InChI=1S/C10H14N4O3/c11-9(14-17)2-1-4-13-10(16)7-6-12-5-3-8(7)15/h3,5-6,17H,1-2,4H2,(H2,11,14)(H,12,15)(H,13,16).